The molecule has 0 unspecified atom stereocenters. The summed E-state index contributed by atoms with van der Waals surface area (Å²) >= 11 is 0. The van der Waals surface area contributed by atoms with Gasteiger partial charge >= 0.3 is 5.97 Å². The number of hydrogen-bond acceptors (Lipinski definition) is 6. The second-order valence-corrected chi connectivity index (χ2v) is 12.0. The number of fused-ring (bicyclic) bond motifs is 1. The Bertz CT molecular complexity index is 1440. The third-order valence-electron chi connectivity index (χ3n) is 5.17. The molecule has 3 aromatic rings. The molecule has 1 fully saturated rings. The number of halogens is 1. The van der Waals surface area contributed by atoms with E-state index in [1.54, 1.807) is 6.07 Å². The number of carboxylic acid groups (broad SMARTS) is 1. The van der Waals surface area contributed by atoms with Gasteiger partial charge < -0.3 is 9.52 Å². The van der Waals surface area contributed by atoms with Crippen LogP contribution in [0.15, 0.2) is 40.8 Å². The predicted octanol–water partition coefficient (Wildman–Crippen LogP) is 3.60. The zero-order valence-corrected chi connectivity index (χ0v) is 18.6. The van der Waals surface area contributed by atoms with Crippen molar-refractivity contribution in [1.29, 1.82) is 0 Å². The Morgan fingerprint density at radius 3 is 2.47 bits per heavy atom. The van der Waals surface area contributed by atoms with E-state index in [4.69, 9.17) is 4.42 Å². The van der Waals surface area contributed by atoms with Crippen LogP contribution in [0.4, 0.5) is 10.1 Å². The molecule has 1 saturated carbocycles. The van der Waals surface area contributed by atoms with Crippen LogP contribution in [0.5, 0.6) is 0 Å². The quantitative estimate of drug-likeness (QED) is 0.503. The van der Waals surface area contributed by atoms with Crippen LogP contribution < -0.4 is 4.72 Å². The minimum atomic E-state index is -3.98. The van der Waals surface area contributed by atoms with Crippen LogP contribution in [0.2, 0.25) is 0 Å². The van der Waals surface area contributed by atoms with Crippen LogP contribution in [-0.4, -0.2) is 45.7 Å². The maximum absolute atomic E-state index is 13.7. The molecule has 0 radical (unpaired) electrons. The van der Waals surface area contributed by atoms with Gasteiger partial charge in [-0.3, -0.25) is 4.72 Å². The Morgan fingerprint density at radius 2 is 1.88 bits per heavy atom. The number of carbonyl (C=O) groups is 1. The van der Waals surface area contributed by atoms with Gasteiger partial charge in [-0.1, -0.05) is 12.1 Å². The lowest BCUT2D eigenvalue weighted by molar-refractivity contribution is 0.0699. The lowest BCUT2D eigenvalue weighted by Crippen LogP contribution is -2.23. The summed E-state index contributed by atoms with van der Waals surface area (Å²) in [6.07, 6.45) is 2.57. The highest BCUT2D eigenvalue weighted by molar-refractivity contribution is 7.95. The Balaban J connectivity index is 1.83. The van der Waals surface area contributed by atoms with Crippen LogP contribution >= 0.6 is 0 Å². The van der Waals surface area contributed by atoms with E-state index in [2.05, 4.69) is 4.72 Å². The summed E-state index contributed by atoms with van der Waals surface area (Å²) in [7, 11) is -7.46. The number of furan rings is 1. The molecule has 8 nitrogen and oxygen atoms in total. The zero-order chi connectivity index (χ0) is 23.3. The van der Waals surface area contributed by atoms with Crippen LogP contribution in [0.3, 0.4) is 0 Å². The highest BCUT2D eigenvalue weighted by Gasteiger charge is 2.31. The van der Waals surface area contributed by atoms with E-state index in [0.29, 0.717) is 5.56 Å². The first-order chi connectivity index (χ1) is 14.9. The van der Waals surface area contributed by atoms with Gasteiger partial charge in [-0.2, -0.15) is 0 Å². The molecule has 1 aliphatic rings. The maximum Gasteiger partial charge on any atom is 0.340 e. The van der Waals surface area contributed by atoms with Crippen molar-refractivity contribution >= 4 is 42.5 Å². The number of anilines is 1. The molecular formula is C21H20FNO7S2. The fourth-order valence-electron chi connectivity index (χ4n) is 3.51. The van der Waals surface area contributed by atoms with Crippen molar-refractivity contribution in [2.75, 3.05) is 22.5 Å². The second-order valence-electron chi connectivity index (χ2n) is 7.88. The summed E-state index contributed by atoms with van der Waals surface area (Å²) in [5, 5.41) is 10.1. The van der Waals surface area contributed by atoms with Crippen molar-refractivity contribution < 1.29 is 35.5 Å². The standard InChI is InChI=1S/C21H20FNO7S2/c1-31(26,27)7-8-32(28,29)23-17-11-18-16(10-15(17)12-5-6-12)19(21(24)25)20(30-18)13-3-2-4-14(22)9-13/h2-4,9-12,23H,5-8H2,1H3,(H,24,25). The number of nitrogens with one attached hydrogen (secondary N) is 1. The SMILES string of the molecule is CS(=O)(=O)CCS(=O)(=O)Nc1cc2oc(-c3cccc(F)c3)c(C(=O)O)c2cc1C1CC1. The van der Waals surface area contributed by atoms with Crippen molar-refractivity contribution in [2.24, 2.45) is 0 Å². The largest absolute Gasteiger partial charge is 0.478 e. The minimum absolute atomic E-state index is 0.0363. The lowest BCUT2D eigenvalue weighted by Gasteiger charge is -2.12. The highest BCUT2D eigenvalue weighted by atomic mass is 32.2. The second kappa shape index (κ2) is 7.89. The predicted molar refractivity (Wildman–Crippen MR) is 118 cm³/mol. The summed E-state index contributed by atoms with van der Waals surface area (Å²) in [4.78, 5) is 12.0. The maximum atomic E-state index is 13.7. The molecule has 0 amide bonds. The zero-order valence-electron chi connectivity index (χ0n) is 17.0. The van der Waals surface area contributed by atoms with Crippen LogP contribution in [-0.2, 0) is 19.9 Å². The van der Waals surface area contributed by atoms with Crippen molar-refractivity contribution in [3.63, 3.8) is 0 Å². The normalized spacial score (nSPS) is 14.6. The van der Waals surface area contributed by atoms with Gasteiger partial charge in [-0.15, -0.1) is 0 Å². The third-order valence-corrected chi connectivity index (χ3v) is 7.64. The number of rotatable bonds is 8. The molecule has 0 spiro atoms. The molecule has 1 heterocycles. The third kappa shape index (κ3) is 4.78. The average molecular weight is 482 g/mol. The van der Waals surface area contributed by atoms with Gasteiger partial charge in [0.15, 0.2) is 0 Å². The van der Waals surface area contributed by atoms with E-state index < -0.39 is 43.2 Å². The lowest BCUT2D eigenvalue weighted by atomic mass is 10.0. The van der Waals surface area contributed by atoms with Crippen LogP contribution in [0.1, 0.15) is 34.7 Å². The Labute approximate surface area is 184 Å². The van der Waals surface area contributed by atoms with E-state index >= 15 is 0 Å². The molecule has 1 aliphatic carbocycles. The van der Waals surface area contributed by atoms with E-state index in [1.807, 2.05) is 0 Å². The van der Waals surface area contributed by atoms with Crippen LogP contribution in [0, 0.1) is 5.82 Å². The van der Waals surface area contributed by atoms with Crippen LogP contribution in [0.25, 0.3) is 22.3 Å². The van der Waals surface area contributed by atoms with E-state index in [9.17, 15) is 31.1 Å². The molecule has 0 aliphatic heterocycles. The minimum Gasteiger partial charge on any atom is -0.478 e. The molecule has 4 rings (SSSR count). The molecule has 1 aromatic heterocycles. The van der Waals surface area contributed by atoms with E-state index in [1.165, 1.54) is 24.3 Å². The van der Waals surface area contributed by atoms with Gasteiger partial charge in [-0.05, 0) is 42.5 Å². The summed E-state index contributed by atoms with van der Waals surface area (Å²) in [6, 6.07) is 8.31. The van der Waals surface area contributed by atoms with Crippen molar-refractivity contribution in [1.82, 2.24) is 0 Å². The Kier molecular flexibility index (Phi) is 5.49. The van der Waals surface area contributed by atoms with Gasteiger partial charge in [0.2, 0.25) is 10.0 Å². The summed E-state index contributed by atoms with van der Waals surface area (Å²) < 4.78 is 69.6. The molecule has 0 saturated heterocycles. The van der Waals surface area contributed by atoms with Gasteiger partial charge in [0.1, 0.15) is 32.6 Å². The fourth-order valence-corrected chi connectivity index (χ4v) is 6.21. The topological polar surface area (TPSA) is 131 Å². The summed E-state index contributed by atoms with van der Waals surface area (Å²) in [5.74, 6) is -2.95. The number of sulfone groups is 1. The Morgan fingerprint density at radius 1 is 1.16 bits per heavy atom. The molecule has 0 bridgehead atoms. The smallest absolute Gasteiger partial charge is 0.340 e. The first kappa shape index (κ1) is 22.3. The molecular weight excluding hydrogens is 461 g/mol. The van der Waals surface area contributed by atoms with Crippen molar-refractivity contribution in [2.45, 2.75) is 18.8 Å². The molecule has 32 heavy (non-hydrogen) atoms. The number of sulfonamides is 1. The van der Waals surface area contributed by atoms with Gasteiger partial charge in [0, 0.05) is 23.3 Å². The average Bonchev–Trinajstić information content (AvgIpc) is 3.45. The van der Waals surface area contributed by atoms with Gasteiger partial charge in [0.25, 0.3) is 0 Å². The van der Waals surface area contributed by atoms with Gasteiger partial charge in [0.05, 0.1) is 17.2 Å². The molecule has 2 aromatic carbocycles. The first-order valence-corrected chi connectivity index (χ1v) is 13.4. The van der Waals surface area contributed by atoms with Gasteiger partial charge in [-0.25, -0.2) is 26.0 Å². The van der Waals surface area contributed by atoms with E-state index in [0.717, 1.165) is 25.2 Å². The number of aromatic carboxylic acids is 1. The number of hydrogen-bond donors (Lipinski definition) is 2. The van der Waals surface area contributed by atoms with Crippen molar-refractivity contribution in [3.8, 4) is 11.3 Å². The van der Waals surface area contributed by atoms with Crippen molar-refractivity contribution in [3.05, 3.63) is 53.3 Å². The number of carboxylic acids is 1. The van der Waals surface area contributed by atoms with E-state index in [-0.39, 0.29) is 39.5 Å². The molecule has 0 atom stereocenters. The summed E-state index contributed by atoms with van der Waals surface area (Å²) in [6.45, 7) is 0. The first-order valence-electron chi connectivity index (χ1n) is 9.71. The highest BCUT2D eigenvalue weighted by Crippen LogP contribution is 2.46. The monoisotopic (exact) mass is 481 g/mol. The molecule has 2 N–H and O–H groups in total. The molecule has 11 heteroatoms. The molecule has 170 valence electrons. The Hall–Kier alpha value is -2.92. The summed E-state index contributed by atoms with van der Waals surface area (Å²) in [5.41, 5.74) is 1.03. The number of benzene rings is 2. The fraction of sp³-hybridized carbons (Fsp3) is 0.286.